The third-order valence-electron chi connectivity index (χ3n) is 6.58. The topological polar surface area (TPSA) is 29.5 Å². The highest BCUT2D eigenvalue weighted by Gasteiger charge is 2.48. The highest BCUT2D eigenvalue weighted by molar-refractivity contribution is 5.81. The smallest absolute Gasteiger partial charge is 0.227 e. The molecule has 0 bridgehead atoms. The Balaban J connectivity index is 2.29. The molecule has 3 heteroatoms. The Morgan fingerprint density at radius 2 is 1.70 bits per heavy atom. The minimum atomic E-state index is 0.0799. The number of hydrogen-bond donors (Lipinski definition) is 0. The summed E-state index contributed by atoms with van der Waals surface area (Å²) >= 11 is 0. The Morgan fingerprint density at radius 1 is 1.13 bits per heavy atom. The number of nitrogens with zero attached hydrogens (tertiary/aromatic N) is 1. The van der Waals surface area contributed by atoms with E-state index in [9.17, 15) is 4.79 Å². The first-order chi connectivity index (χ1) is 10.7. The Kier molecular flexibility index (Phi) is 5.81. The van der Waals surface area contributed by atoms with Crippen LogP contribution in [0.2, 0.25) is 0 Å². The minimum Gasteiger partial charge on any atom is -0.381 e. The van der Waals surface area contributed by atoms with Crippen LogP contribution in [-0.4, -0.2) is 36.1 Å². The van der Waals surface area contributed by atoms with Crippen LogP contribution >= 0.6 is 0 Å². The summed E-state index contributed by atoms with van der Waals surface area (Å²) in [5.74, 6) is 2.02. The molecule has 2 rings (SSSR count). The zero-order valence-electron chi connectivity index (χ0n) is 16.3. The number of hydrogen-bond acceptors (Lipinski definition) is 2. The number of amides is 1. The van der Waals surface area contributed by atoms with E-state index in [1.54, 1.807) is 0 Å². The van der Waals surface area contributed by atoms with Crippen molar-refractivity contribution in [2.45, 2.75) is 79.8 Å². The summed E-state index contributed by atoms with van der Waals surface area (Å²) in [4.78, 5) is 15.9. The molecule has 0 N–H and O–H groups in total. The zero-order valence-corrected chi connectivity index (χ0v) is 16.3. The summed E-state index contributed by atoms with van der Waals surface area (Å²) in [5.41, 5.74) is 0.0799. The van der Waals surface area contributed by atoms with Gasteiger partial charge in [0.05, 0.1) is 0 Å². The van der Waals surface area contributed by atoms with Crippen LogP contribution in [0.4, 0.5) is 0 Å². The molecule has 0 aliphatic carbocycles. The van der Waals surface area contributed by atoms with Gasteiger partial charge in [-0.05, 0) is 49.4 Å². The predicted octanol–water partition coefficient (Wildman–Crippen LogP) is 4.36. The second-order valence-electron chi connectivity index (χ2n) is 9.00. The van der Waals surface area contributed by atoms with E-state index < -0.39 is 0 Å². The Hall–Kier alpha value is -0.570. The van der Waals surface area contributed by atoms with Crippen LogP contribution in [0.1, 0.15) is 67.7 Å². The molecule has 2 saturated heterocycles. The van der Waals surface area contributed by atoms with E-state index in [0.29, 0.717) is 35.7 Å². The maximum absolute atomic E-state index is 13.6. The minimum absolute atomic E-state index is 0.0799. The first kappa shape index (κ1) is 18.8. The molecule has 23 heavy (non-hydrogen) atoms. The quantitative estimate of drug-likeness (QED) is 0.769. The number of carbonyl (C=O) groups is 1. The summed E-state index contributed by atoms with van der Waals surface area (Å²) in [5, 5.41) is 0. The fourth-order valence-corrected chi connectivity index (χ4v) is 4.92. The lowest BCUT2D eigenvalue weighted by molar-refractivity contribution is -0.149. The molecule has 0 aromatic rings. The van der Waals surface area contributed by atoms with E-state index >= 15 is 0 Å². The van der Waals surface area contributed by atoms with Gasteiger partial charge in [0.1, 0.15) is 0 Å². The number of carbonyl (C=O) groups excluding carboxylic acids is 1. The molecule has 4 atom stereocenters. The fraction of sp³-hybridized carbons (Fsp3) is 0.950. The van der Waals surface area contributed by atoms with Crippen LogP contribution in [0.15, 0.2) is 0 Å². The van der Waals surface area contributed by atoms with E-state index in [2.05, 4.69) is 53.4 Å². The van der Waals surface area contributed by atoms with Crippen LogP contribution in [-0.2, 0) is 9.53 Å². The lowest BCUT2D eigenvalue weighted by Gasteiger charge is -2.45. The highest BCUT2D eigenvalue weighted by Crippen LogP contribution is 2.45. The molecule has 1 amide bonds. The second kappa shape index (κ2) is 7.13. The van der Waals surface area contributed by atoms with Crippen molar-refractivity contribution in [2.75, 3.05) is 13.2 Å². The van der Waals surface area contributed by atoms with Gasteiger partial charge in [0.25, 0.3) is 0 Å². The molecule has 0 aromatic heterocycles. The molecule has 2 aliphatic heterocycles. The fourth-order valence-electron chi connectivity index (χ4n) is 4.92. The van der Waals surface area contributed by atoms with Gasteiger partial charge in [-0.3, -0.25) is 4.79 Å². The molecule has 0 spiro atoms. The summed E-state index contributed by atoms with van der Waals surface area (Å²) in [7, 11) is 0. The molecule has 0 saturated carbocycles. The summed E-state index contributed by atoms with van der Waals surface area (Å²) in [6.07, 6.45) is 3.16. The number of likely N-dealkylation sites (tertiary alicyclic amines) is 1. The van der Waals surface area contributed by atoms with Crippen LogP contribution in [0, 0.1) is 29.1 Å². The van der Waals surface area contributed by atoms with Gasteiger partial charge in [-0.2, -0.15) is 0 Å². The second-order valence-corrected chi connectivity index (χ2v) is 9.00. The van der Waals surface area contributed by atoms with Crippen LogP contribution in [0.25, 0.3) is 0 Å². The lowest BCUT2D eigenvalue weighted by atomic mass is 9.66. The van der Waals surface area contributed by atoms with Crippen molar-refractivity contribution in [3.63, 3.8) is 0 Å². The molecule has 2 aliphatic rings. The zero-order chi connectivity index (χ0) is 17.4. The Labute approximate surface area is 143 Å². The Bertz CT molecular complexity index is 412. The molecular weight excluding hydrogens is 286 g/mol. The molecule has 3 unspecified atom stereocenters. The normalized spacial score (nSPS) is 32.6. The number of rotatable bonds is 4. The molecule has 0 radical (unpaired) electrons. The van der Waals surface area contributed by atoms with Crippen molar-refractivity contribution in [1.82, 2.24) is 4.90 Å². The van der Waals surface area contributed by atoms with Gasteiger partial charge in [-0.15, -0.1) is 0 Å². The monoisotopic (exact) mass is 323 g/mol. The van der Waals surface area contributed by atoms with Gasteiger partial charge in [0.2, 0.25) is 5.91 Å². The standard InChI is InChI=1S/C20H37NO2/c1-13(2)17-12-15(5)16(6)21(17)19(22)18(14(3)4)20(7)8-10-23-11-9-20/h13-18H,8-12H2,1-7H3/t15?,16?,17-,18?/m0/s1. The van der Waals surface area contributed by atoms with Gasteiger partial charge in [0.15, 0.2) is 0 Å². The van der Waals surface area contributed by atoms with E-state index in [1.807, 2.05) is 0 Å². The third kappa shape index (κ3) is 3.60. The summed E-state index contributed by atoms with van der Waals surface area (Å²) in [6.45, 7) is 17.4. The molecule has 0 aromatic carbocycles. The maximum atomic E-state index is 13.6. The molecule has 134 valence electrons. The van der Waals surface area contributed by atoms with Gasteiger partial charge in [-0.25, -0.2) is 0 Å². The van der Waals surface area contributed by atoms with E-state index in [4.69, 9.17) is 4.74 Å². The lowest BCUT2D eigenvalue weighted by Crippen LogP contribution is -2.52. The van der Waals surface area contributed by atoms with E-state index in [1.165, 1.54) is 0 Å². The van der Waals surface area contributed by atoms with Crippen molar-refractivity contribution in [3.05, 3.63) is 0 Å². The summed E-state index contributed by atoms with van der Waals surface area (Å²) < 4.78 is 5.57. The number of ether oxygens (including phenoxy) is 1. The van der Waals surface area contributed by atoms with Gasteiger partial charge < -0.3 is 9.64 Å². The van der Waals surface area contributed by atoms with Crippen molar-refractivity contribution in [1.29, 1.82) is 0 Å². The van der Waals surface area contributed by atoms with Crippen LogP contribution < -0.4 is 0 Å². The van der Waals surface area contributed by atoms with E-state index in [0.717, 1.165) is 32.5 Å². The van der Waals surface area contributed by atoms with Crippen LogP contribution in [0.3, 0.4) is 0 Å². The maximum Gasteiger partial charge on any atom is 0.227 e. The van der Waals surface area contributed by atoms with Gasteiger partial charge in [-0.1, -0.05) is 41.5 Å². The SMILES string of the molecule is CC(C)C(C(=O)N1C(C)C(C)C[C@H]1C(C)C)C1(C)CCOCC1. The predicted molar refractivity (Wildman–Crippen MR) is 95.2 cm³/mol. The van der Waals surface area contributed by atoms with Crippen molar-refractivity contribution in [2.24, 2.45) is 29.1 Å². The van der Waals surface area contributed by atoms with Crippen molar-refractivity contribution in [3.8, 4) is 0 Å². The van der Waals surface area contributed by atoms with Crippen molar-refractivity contribution < 1.29 is 9.53 Å². The average molecular weight is 324 g/mol. The molecular formula is C20H37NO2. The van der Waals surface area contributed by atoms with E-state index in [-0.39, 0.29) is 11.3 Å². The largest absolute Gasteiger partial charge is 0.381 e. The van der Waals surface area contributed by atoms with Gasteiger partial charge in [0, 0.05) is 31.2 Å². The molecule has 2 fully saturated rings. The Morgan fingerprint density at radius 3 is 2.17 bits per heavy atom. The third-order valence-corrected chi connectivity index (χ3v) is 6.58. The first-order valence-corrected chi connectivity index (χ1v) is 9.59. The average Bonchev–Trinajstić information content (AvgIpc) is 2.75. The molecule has 3 nitrogen and oxygen atoms in total. The molecule has 2 heterocycles. The van der Waals surface area contributed by atoms with Gasteiger partial charge >= 0.3 is 0 Å². The first-order valence-electron chi connectivity index (χ1n) is 9.59. The highest BCUT2D eigenvalue weighted by atomic mass is 16.5. The van der Waals surface area contributed by atoms with Crippen LogP contribution in [0.5, 0.6) is 0 Å². The van der Waals surface area contributed by atoms with Crippen molar-refractivity contribution >= 4 is 5.91 Å². The summed E-state index contributed by atoms with van der Waals surface area (Å²) in [6, 6.07) is 0.761.